The Balaban J connectivity index is 2.04. The molecule has 0 bridgehead atoms. The smallest absolute Gasteiger partial charge is 0.260 e. The van der Waals surface area contributed by atoms with Gasteiger partial charge in [0.1, 0.15) is 0 Å². The molecule has 0 aliphatic rings. The number of nitrogens with zero attached hydrogens (tertiary/aromatic N) is 3. The van der Waals surface area contributed by atoms with E-state index in [1.54, 1.807) is 11.3 Å². The molecular formula is C24H31N3OS. The molecule has 154 valence electrons. The Morgan fingerprint density at radius 1 is 0.931 bits per heavy atom. The van der Waals surface area contributed by atoms with Crippen LogP contribution in [-0.4, -0.2) is 42.0 Å². The van der Waals surface area contributed by atoms with E-state index in [4.69, 9.17) is 4.98 Å². The standard InChI is InChI=1S/C24H31N3OS/c1-7-26(8-2)11-12-27(23(28)20-14-16(3)9-10-18(20)5)24-25-22-19(6)13-17(4)15-21(22)29-24/h9-10,13-15H,7-8,11-12H2,1-6H3. The molecule has 5 heteroatoms. The van der Waals surface area contributed by atoms with Crippen LogP contribution in [0, 0.1) is 27.7 Å². The van der Waals surface area contributed by atoms with Crippen LogP contribution in [0.1, 0.15) is 46.5 Å². The highest BCUT2D eigenvalue weighted by Crippen LogP contribution is 2.32. The second kappa shape index (κ2) is 9.06. The summed E-state index contributed by atoms with van der Waals surface area (Å²) in [5.41, 5.74) is 6.24. The van der Waals surface area contributed by atoms with Crippen molar-refractivity contribution >= 4 is 32.6 Å². The van der Waals surface area contributed by atoms with Crippen molar-refractivity contribution in [2.75, 3.05) is 31.1 Å². The van der Waals surface area contributed by atoms with Gasteiger partial charge in [-0.2, -0.15) is 0 Å². The van der Waals surface area contributed by atoms with E-state index in [1.807, 2.05) is 30.9 Å². The first-order chi connectivity index (χ1) is 13.8. The van der Waals surface area contributed by atoms with Gasteiger partial charge in [0.05, 0.1) is 10.2 Å². The van der Waals surface area contributed by atoms with Gasteiger partial charge in [0.15, 0.2) is 5.13 Å². The van der Waals surface area contributed by atoms with Crippen molar-refractivity contribution in [2.45, 2.75) is 41.5 Å². The molecule has 0 aliphatic carbocycles. The van der Waals surface area contributed by atoms with Crippen LogP contribution in [0.25, 0.3) is 10.2 Å². The van der Waals surface area contributed by atoms with Crippen LogP contribution in [0.15, 0.2) is 30.3 Å². The highest BCUT2D eigenvalue weighted by Gasteiger charge is 2.23. The molecule has 1 amide bonds. The molecule has 0 spiro atoms. The lowest BCUT2D eigenvalue weighted by atomic mass is 10.0. The van der Waals surface area contributed by atoms with E-state index in [2.05, 4.69) is 50.8 Å². The van der Waals surface area contributed by atoms with Crippen molar-refractivity contribution in [1.29, 1.82) is 0 Å². The number of aromatic nitrogens is 1. The maximum Gasteiger partial charge on any atom is 0.260 e. The Kier molecular flexibility index (Phi) is 6.70. The zero-order chi connectivity index (χ0) is 21.1. The quantitative estimate of drug-likeness (QED) is 0.516. The van der Waals surface area contributed by atoms with E-state index in [9.17, 15) is 4.79 Å². The van der Waals surface area contributed by atoms with E-state index >= 15 is 0 Å². The lowest BCUT2D eigenvalue weighted by Crippen LogP contribution is -2.39. The van der Waals surface area contributed by atoms with Gasteiger partial charge in [0, 0.05) is 18.7 Å². The molecule has 1 aromatic heterocycles. The molecule has 0 saturated carbocycles. The van der Waals surface area contributed by atoms with E-state index in [0.29, 0.717) is 6.54 Å². The molecule has 0 aliphatic heterocycles. The molecule has 1 heterocycles. The van der Waals surface area contributed by atoms with Gasteiger partial charge in [0.25, 0.3) is 5.91 Å². The van der Waals surface area contributed by atoms with Crippen molar-refractivity contribution < 1.29 is 4.79 Å². The minimum Gasteiger partial charge on any atom is -0.302 e. The normalized spacial score (nSPS) is 11.4. The molecule has 3 rings (SSSR count). The number of aryl methyl sites for hydroxylation is 4. The molecule has 0 unspecified atom stereocenters. The van der Waals surface area contributed by atoms with Gasteiger partial charge in [0.2, 0.25) is 0 Å². The van der Waals surface area contributed by atoms with Gasteiger partial charge >= 0.3 is 0 Å². The number of amides is 1. The Labute approximate surface area is 178 Å². The van der Waals surface area contributed by atoms with E-state index < -0.39 is 0 Å². The molecule has 2 aromatic carbocycles. The summed E-state index contributed by atoms with van der Waals surface area (Å²) in [4.78, 5) is 22.7. The van der Waals surface area contributed by atoms with Crippen LogP contribution < -0.4 is 4.90 Å². The molecule has 0 fully saturated rings. The Bertz CT molecular complexity index is 1020. The zero-order valence-corrected chi connectivity index (χ0v) is 19.2. The van der Waals surface area contributed by atoms with Gasteiger partial charge in [-0.15, -0.1) is 0 Å². The fourth-order valence-corrected chi connectivity index (χ4v) is 4.82. The third kappa shape index (κ3) is 4.68. The third-order valence-electron chi connectivity index (χ3n) is 5.45. The predicted molar refractivity (Wildman–Crippen MR) is 124 cm³/mol. The molecule has 4 nitrogen and oxygen atoms in total. The fraction of sp³-hybridized carbons (Fsp3) is 0.417. The average Bonchev–Trinajstić information content (AvgIpc) is 3.10. The summed E-state index contributed by atoms with van der Waals surface area (Å²) in [7, 11) is 0. The Morgan fingerprint density at radius 2 is 1.66 bits per heavy atom. The topological polar surface area (TPSA) is 36.4 Å². The number of benzene rings is 2. The zero-order valence-electron chi connectivity index (χ0n) is 18.4. The van der Waals surface area contributed by atoms with Crippen molar-refractivity contribution in [2.24, 2.45) is 0 Å². The van der Waals surface area contributed by atoms with Crippen LogP contribution in [0.3, 0.4) is 0 Å². The summed E-state index contributed by atoms with van der Waals surface area (Å²) in [5, 5.41) is 0.784. The average molecular weight is 410 g/mol. The lowest BCUT2D eigenvalue weighted by molar-refractivity contribution is 0.0983. The number of anilines is 1. The first-order valence-electron chi connectivity index (χ1n) is 10.3. The number of hydrogen-bond acceptors (Lipinski definition) is 4. The summed E-state index contributed by atoms with van der Waals surface area (Å²) >= 11 is 1.61. The van der Waals surface area contributed by atoms with E-state index in [0.717, 1.165) is 57.2 Å². The molecule has 3 aromatic rings. The third-order valence-corrected chi connectivity index (χ3v) is 6.48. The van der Waals surface area contributed by atoms with Crippen LogP contribution in [0.4, 0.5) is 5.13 Å². The van der Waals surface area contributed by atoms with Crippen LogP contribution in [0.2, 0.25) is 0 Å². The van der Waals surface area contributed by atoms with E-state index in [-0.39, 0.29) is 5.91 Å². The Hall–Kier alpha value is -2.24. The van der Waals surface area contributed by atoms with Crippen molar-refractivity contribution in [3.63, 3.8) is 0 Å². The van der Waals surface area contributed by atoms with Crippen molar-refractivity contribution in [3.8, 4) is 0 Å². The van der Waals surface area contributed by atoms with Crippen LogP contribution in [-0.2, 0) is 0 Å². The SMILES string of the molecule is CCN(CC)CCN(C(=O)c1cc(C)ccc1C)c1nc2c(C)cc(C)cc2s1. The molecule has 0 saturated heterocycles. The first kappa shape index (κ1) is 21.5. The second-order valence-corrected chi connectivity index (χ2v) is 8.74. The van der Waals surface area contributed by atoms with Crippen molar-refractivity contribution in [1.82, 2.24) is 9.88 Å². The van der Waals surface area contributed by atoms with Gasteiger partial charge < -0.3 is 4.90 Å². The molecule has 0 radical (unpaired) electrons. The number of hydrogen-bond donors (Lipinski definition) is 0. The number of rotatable bonds is 7. The number of likely N-dealkylation sites (N-methyl/N-ethyl adjacent to an activating group) is 1. The summed E-state index contributed by atoms with van der Waals surface area (Å²) in [6.07, 6.45) is 0. The summed E-state index contributed by atoms with van der Waals surface area (Å²) in [6.45, 7) is 15.9. The maximum atomic E-state index is 13.6. The number of carbonyl (C=O) groups excluding carboxylic acids is 1. The van der Waals surface area contributed by atoms with Crippen LogP contribution >= 0.6 is 11.3 Å². The monoisotopic (exact) mass is 409 g/mol. The summed E-state index contributed by atoms with van der Waals surface area (Å²) in [5.74, 6) is 0.0341. The maximum absolute atomic E-state index is 13.6. The van der Waals surface area contributed by atoms with Crippen LogP contribution in [0.5, 0.6) is 0 Å². The highest BCUT2D eigenvalue weighted by atomic mass is 32.1. The van der Waals surface area contributed by atoms with E-state index in [1.165, 1.54) is 5.56 Å². The fourth-order valence-electron chi connectivity index (χ4n) is 3.65. The van der Waals surface area contributed by atoms with Gasteiger partial charge in [-0.1, -0.05) is 48.9 Å². The van der Waals surface area contributed by atoms with Crippen molar-refractivity contribution in [3.05, 3.63) is 58.1 Å². The predicted octanol–water partition coefficient (Wildman–Crippen LogP) is 5.52. The number of fused-ring (bicyclic) bond motifs is 1. The minimum atomic E-state index is 0.0341. The Morgan fingerprint density at radius 3 is 2.34 bits per heavy atom. The molecule has 0 atom stereocenters. The highest BCUT2D eigenvalue weighted by molar-refractivity contribution is 7.22. The second-order valence-electron chi connectivity index (χ2n) is 7.73. The van der Waals surface area contributed by atoms with Gasteiger partial charge in [-0.3, -0.25) is 9.69 Å². The number of thiazole rings is 1. The summed E-state index contributed by atoms with van der Waals surface area (Å²) < 4.78 is 1.14. The number of carbonyl (C=O) groups is 1. The largest absolute Gasteiger partial charge is 0.302 e. The molecule has 29 heavy (non-hydrogen) atoms. The summed E-state index contributed by atoms with van der Waals surface area (Å²) in [6, 6.07) is 10.4. The van der Waals surface area contributed by atoms with Gasteiger partial charge in [-0.05, 0) is 69.6 Å². The molecule has 0 N–H and O–H groups in total. The van der Waals surface area contributed by atoms with Gasteiger partial charge in [-0.25, -0.2) is 4.98 Å². The minimum absolute atomic E-state index is 0.0341. The lowest BCUT2D eigenvalue weighted by Gasteiger charge is -2.25. The molecular weight excluding hydrogens is 378 g/mol. The first-order valence-corrected chi connectivity index (χ1v) is 11.1.